The summed E-state index contributed by atoms with van der Waals surface area (Å²) in [5.74, 6) is 1.11. The van der Waals surface area contributed by atoms with Gasteiger partial charge in [-0.2, -0.15) is 0 Å². The third kappa shape index (κ3) is 6.90. The molecule has 8 nitrogen and oxygen atoms in total. The van der Waals surface area contributed by atoms with E-state index >= 15 is 0 Å². The molecule has 202 valence electrons. The van der Waals surface area contributed by atoms with Crippen molar-refractivity contribution in [2.45, 2.75) is 23.5 Å². The molecule has 1 aromatic heterocycles. The van der Waals surface area contributed by atoms with Crippen LogP contribution in [0.25, 0.3) is 11.3 Å². The second kappa shape index (κ2) is 13.2. The molecule has 39 heavy (non-hydrogen) atoms. The molecular formula is C29H29N3O5S2. The molecule has 10 heteroatoms. The van der Waals surface area contributed by atoms with Crippen molar-refractivity contribution in [1.82, 2.24) is 4.98 Å². The van der Waals surface area contributed by atoms with Crippen LogP contribution in [0.4, 0.5) is 10.8 Å². The Morgan fingerprint density at radius 3 is 2.26 bits per heavy atom. The van der Waals surface area contributed by atoms with Crippen molar-refractivity contribution in [2.75, 3.05) is 32.0 Å². The average Bonchev–Trinajstić information content (AvgIpc) is 3.43. The lowest BCUT2D eigenvalue weighted by atomic mass is 10.1. The molecule has 4 aromatic rings. The molecule has 0 saturated heterocycles. The molecule has 2 N–H and O–H groups in total. The van der Waals surface area contributed by atoms with Crippen LogP contribution in [0.5, 0.6) is 17.2 Å². The summed E-state index contributed by atoms with van der Waals surface area (Å²) in [5.41, 5.74) is 2.63. The van der Waals surface area contributed by atoms with Gasteiger partial charge in [-0.15, -0.1) is 23.1 Å². The summed E-state index contributed by atoms with van der Waals surface area (Å²) in [7, 11) is 4.63. The highest BCUT2D eigenvalue weighted by Crippen LogP contribution is 2.32. The monoisotopic (exact) mass is 563 g/mol. The van der Waals surface area contributed by atoms with E-state index in [0.717, 1.165) is 21.9 Å². The van der Waals surface area contributed by atoms with Crippen molar-refractivity contribution in [1.29, 1.82) is 0 Å². The number of hydrogen-bond acceptors (Lipinski definition) is 8. The first-order valence-corrected chi connectivity index (χ1v) is 13.9. The maximum atomic E-state index is 13.1. The maximum Gasteiger partial charge on any atom is 0.263 e. The molecule has 0 saturated carbocycles. The molecule has 0 aliphatic heterocycles. The molecule has 0 radical (unpaired) electrons. The zero-order valence-corrected chi connectivity index (χ0v) is 23.7. The van der Waals surface area contributed by atoms with Crippen LogP contribution in [0.1, 0.15) is 23.7 Å². The van der Waals surface area contributed by atoms with E-state index in [9.17, 15) is 9.59 Å². The Hall–Kier alpha value is -4.02. The number of aromatic nitrogens is 1. The quantitative estimate of drug-likeness (QED) is 0.198. The standard InChI is InChI=1S/C29H29N3O5S2/c1-5-25(27(33)32-29-31-22(17-38-29)18-12-14-20(35-2)15-13-18)39-21-9-6-8-19(16-21)30-28(34)26-23(36-3)10-7-11-24(26)37-4/h6-17,25H,5H2,1-4H3,(H,30,34)(H,31,32,33). The minimum absolute atomic E-state index is 0.133. The second-order valence-electron chi connectivity index (χ2n) is 8.29. The van der Waals surface area contributed by atoms with E-state index in [1.54, 1.807) is 31.4 Å². The Balaban J connectivity index is 1.42. The van der Waals surface area contributed by atoms with Crippen LogP contribution in [0.3, 0.4) is 0 Å². The number of ether oxygens (including phenoxy) is 3. The first kappa shape index (κ1) is 28.0. The van der Waals surface area contributed by atoms with Crippen LogP contribution in [0, 0.1) is 0 Å². The van der Waals surface area contributed by atoms with Gasteiger partial charge in [0.1, 0.15) is 22.8 Å². The van der Waals surface area contributed by atoms with Crippen molar-refractivity contribution in [3.8, 4) is 28.5 Å². The minimum Gasteiger partial charge on any atom is -0.497 e. The van der Waals surface area contributed by atoms with Gasteiger partial charge in [-0.3, -0.25) is 9.59 Å². The van der Waals surface area contributed by atoms with E-state index in [0.29, 0.717) is 34.3 Å². The van der Waals surface area contributed by atoms with Gasteiger partial charge in [0.2, 0.25) is 5.91 Å². The molecule has 2 amide bonds. The Kier molecular flexibility index (Phi) is 9.45. The Labute approximate surface area is 235 Å². The number of methoxy groups -OCH3 is 3. The molecule has 0 aliphatic rings. The fourth-order valence-corrected chi connectivity index (χ4v) is 5.55. The number of carbonyl (C=O) groups excluding carboxylic acids is 2. The topological polar surface area (TPSA) is 98.8 Å². The largest absolute Gasteiger partial charge is 0.497 e. The lowest BCUT2D eigenvalue weighted by Gasteiger charge is -2.15. The molecule has 3 aromatic carbocycles. The van der Waals surface area contributed by atoms with Gasteiger partial charge in [-0.05, 0) is 61.0 Å². The highest BCUT2D eigenvalue weighted by molar-refractivity contribution is 8.00. The number of hydrogen-bond donors (Lipinski definition) is 2. The third-order valence-electron chi connectivity index (χ3n) is 5.81. The number of carbonyl (C=O) groups is 2. The van der Waals surface area contributed by atoms with Crippen molar-refractivity contribution < 1.29 is 23.8 Å². The third-order valence-corrected chi connectivity index (χ3v) is 7.92. The fraction of sp³-hybridized carbons (Fsp3) is 0.207. The van der Waals surface area contributed by atoms with Gasteiger partial charge in [0, 0.05) is 21.5 Å². The molecule has 0 aliphatic carbocycles. The number of rotatable bonds is 11. The molecule has 1 atom stereocenters. The van der Waals surface area contributed by atoms with Gasteiger partial charge in [0.25, 0.3) is 5.91 Å². The first-order valence-electron chi connectivity index (χ1n) is 12.2. The van der Waals surface area contributed by atoms with Gasteiger partial charge >= 0.3 is 0 Å². The highest BCUT2D eigenvalue weighted by atomic mass is 32.2. The van der Waals surface area contributed by atoms with Crippen LogP contribution < -0.4 is 24.8 Å². The SMILES string of the molecule is CCC(Sc1cccc(NC(=O)c2c(OC)cccc2OC)c1)C(=O)Nc1nc(-c2ccc(OC)cc2)cs1. The number of anilines is 2. The molecule has 0 spiro atoms. The minimum atomic E-state index is -0.354. The highest BCUT2D eigenvalue weighted by Gasteiger charge is 2.21. The van der Waals surface area contributed by atoms with E-state index in [1.165, 1.54) is 37.3 Å². The summed E-state index contributed by atoms with van der Waals surface area (Å²) in [4.78, 5) is 31.6. The zero-order chi connectivity index (χ0) is 27.8. The van der Waals surface area contributed by atoms with Crippen LogP contribution in [0.15, 0.2) is 77.0 Å². The van der Waals surface area contributed by atoms with Crippen molar-refractivity contribution >= 4 is 45.7 Å². The number of nitrogens with zero attached hydrogens (tertiary/aromatic N) is 1. The van der Waals surface area contributed by atoms with Crippen LogP contribution in [0.2, 0.25) is 0 Å². The molecule has 1 heterocycles. The van der Waals surface area contributed by atoms with Crippen molar-refractivity contribution in [3.05, 3.63) is 77.7 Å². The van der Waals surface area contributed by atoms with E-state index in [4.69, 9.17) is 14.2 Å². The first-order chi connectivity index (χ1) is 18.9. The summed E-state index contributed by atoms with van der Waals surface area (Å²) in [6.45, 7) is 1.96. The molecule has 0 bridgehead atoms. The van der Waals surface area contributed by atoms with Crippen LogP contribution in [-0.4, -0.2) is 43.4 Å². The Bertz CT molecular complexity index is 1420. The summed E-state index contributed by atoms with van der Waals surface area (Å²) >= 11 is 2.80. The molecular weight excluding hydrogens is 534 g/mol. The molecule has 4 rings (SSSR count). The fourth-order valence-electron chi connectivity index (χ4n) is 3.81. The predicted octanol–water partition coefficient (Wildman–Crippen LogP) is 6.60. The Morgan fingerprint density at radius 2 is 1.62 bits per heavy atom. The van der Waals surface area contributed by atoms with E-state index in [1.807, 2.05) is 54.8 Å². The number of amides is 2. The summed E-state index contributed by atoms with van der Waals surface area (Å²) in [5, 5.41) is 7.95. The van der Waals surface area contributed by atoms with Gasteiger partial charge in [-0.25, -0.2) is 4.98 Å². The summed E-state index contributed by atoms with van der Waals surface area (Å²) in [6.07, 6.45) is 0.613. The number of thioether (sulfide) groups is 1. The number of nitrogens with one attached hydrogen (secondary N) is 2. The number of thiazole rings is 1. The van der Waals surface area contributed by atoms with Crippen LogP contribution in [-0.2, 0) is 4.79 Å². The van der Waals surface area contributed by atoms with Crippen molar-refractivity contribution in [3.63, 3.8) is 0 Å². The smallest absolute Gasteiger partial charge is 0.263 e. The lowest BCUT2D eigenvalue weighted by molar-refractivity contribution is -0.115. The van der Waals surface area contributed by atoms with Gasteiger partial charge in [0.05, 0.1) is 32.3 Å². The van der Waals surface area contributed by atoms with E-state index < -0.39 is 0 Å². The predicted molar refractivity (Wildman–Crippen MR) is 157 cm³/mol. The summed E-state index contributed by atoms with van der Waals surface area (Å²) in [6, 6.07) is 20.2. The molecule has 0 fully saturated rings. The lowest BCUT2D eigenvalue weighted by Crippen LogP contribution is -2.24. The van der Waals surface area contributed by atoms with Gasteiger partial charge in [-0.1, -0.05) is 19.1 Å². The summed E-state index contributed by atoms with van der Waals surface area (Å²) < 4.78 is 15.9. The van der Waals surface area contributed by atoms with E-state index in [-0.39, 0.29) is 17.1 Å². The average molecular weight is 564 g/mol. The van der Waals surface area contributed by atoms with Crippen molar-refractivity contribution in [2.24, 2.45) is 0 Å². The molecule has 1 unspecified atom stereocenters. The van der Waals surface area contributed by atoms with Gasteiger partial charge in [0.15, 0.2) is 5.13 Å². The second-order valence-corrected chi connectivity index (χ2v) is 10.4. The van der Waals surface area contributed by atoms with E-state index in [2.05, 4.69) is 15.6 Å². The van der Waals surface area contributed by atoms with Gasteiger partial charge < -0.3 is 24.8 Å². The normalized spacial score (nSPS) is 11.4. The Morgan fingerprint density at radius 1 is 0.923 bits per heavy atom. The van der Waals surface area contributed by atoms with Crippen LogP contribution >= 0.6 is 23.1 Å². The maximum absolute atomic E-state index is 13.1. The zero-order valence-electron chi connectivity index (χ0n) is 22.0. The number of benzene rings is 3.